The zero-order valence-electron chi connectivity index (χ0n) is 18.3. The molecular formula is C23H27N3O6. The topological polar surface area (TPSA) is 120 Å². The molecule has 2 aromatic rings. The van der Waals surface area contributed by atoms with Gasteiger partial charge in [-0.3, -0.25) is 19.7 Å². The van der Waals surface area contributed by atoms with E-state index in [9.17, 15) is 19.7 Å². The van der Waals surface area contributed by atoms with E-state index in [1.54, 1.807) is 25.3 Å². The Labute approximate surface area is 186 Å². The summed E-state index contributed by atoms with van der Waals surface area (Å²) in [6.45, 7) is 4.12. The number of nitrogens with one attached hydrogen (secondary N) is 2. The molecule has 0 radical (unpaired) electrons. The molecule has 0 aliphatic carbocycles. The summed E-state index contributed by atoms with van der Waals surface area (Å²) in [7, 11) is 1.54. The number of unbranched alkanes of at least 4 members (excludes halogenated alkanes) is 1. The lowest BCUT2D eigenvalue weighted by atomic mass is 10.1. The fourth-order valence-electron chi connectivity index (χ4n) is 2.79. The van der Waals surface area contributed by atoms with Crippen molar-refractivity contribution in [1.29, 1.82) is 0 Å². The van der Waals surface area contributed by atoms with Crippen molar-refractivity contribution in [3.05, 3.63) is 69.4 Å². The average molecular weight is 441 g/mol. The highest BCUT2D eigenvalue weighted by Crippen LogP contribution is 2.28. The molecule has 0 bridgehead atoms. The molecular weight excluding hydrogens is 414 g/mol. The quantitative estimate of drug-likeness (QED) is 0.238. The predicted octanol–water partition coefficient (Wildman–Crippen LogP) is 3.58. The van der Waals surface area contributed by atoms with E-state index in [0.717, 1.165) is 18.4 Å². The van der Waals surface area contributed by atoms with Crippen molar-refractivity contribution < 1.29 is 24.0 Å². The molecule has 0 unspecified atom stereocenters. The molecule has 0 saturated heterocycles. The van der Waals surface area contributed by atoms with Gasteiger partial charge in [-0.15, -0.1) is 0 Å². The van der Waals surface area contributed by atoms with E-state index in [4.69, 9.17) is 9.47 Å². The normalized spacial score (nSPS) is 10.9. The lowest BCUT2D eigenvalue weighted by Gasteiger charge is -2.13. The van der Waals surface area contributed by atoms with E-state index < -0.39 is 16.7 Å². The fourth-order valence-corrected chi connectivity index (χ4v) is 2.79. The van der Waals surface area contributed by atoms with Gasteiger partial charge >= 0.3 is 0 Å². The molecule has 9 heteroatoms. The van der Waals surface area contributed by atoms with E-state index in [-0.39, 0.29) is 17.9 Å². The van der Waals surface area contributed by atoms with Gasteiger partial charge in [0.2, 0.25) is 5.91 Å². The third-order valence-electron chi connectivity index (χ3n) is 4.38. The van der Waals surface area contributed by atoms with Gasteiger partial charge in [0.05, 0.1) is 18.6 Å². The number of nitrogens with zero attached hydrogens (tertiary/aromatic N) is 1. The van der Waals surface area contributed by atoms with Crippen LogP contribution in [0.1, 0.15) is 37.8 Å². The van der Waals surface area contributed by atoms with Crippen LogP contribution in [0.15, 0.2) is 48.2 Å². The van der Waals surface area contributed by atoms with Crippen molar-refractivity contribution >= 4 is 23.6 Å². The third kappa shape index (κ3) is 7.42. The first-order valence-corrected chi connectivity index (χ1v) is 10.2. The van der Waals surface area contributed by atoms with E-state index in [1.165, 1.54) is 31.2 Å². The maximum atomic E-state index is 12.7. The molecule has 0 heterocycles. The second-order valence-electron chi connectivity index (χ2n) is 6.96. The maximum Gasteiger partial charge on any atom is 0.270 e. The molecule has 9 nitrogen and oxygen atoms in total. The summed E-state index contributed by atoms with van der Waals surface area (Å²) in [4.78, 5) is 34.7. The minimum absolute atomic E-state index is 0.0236. The molecule has 2 aromatic carbocycles. The summed E-state index contributed by atoms with van der Waals surface area (Å²) in [6.07, 6.45) is 3.34. The van der Waals surface area contributed by atoms with E-state index >= 15 is 0 Å². The number of benzene rings is 2. The Morgan fingerprint density at radius 1 is 1.16 bits per heavy atom. The molecule has 0 aliphatic heterocycles. The molecule has 32 heavy (non-hydrogen) atoms. The number of carbonyl (C=O) groups excluding carboxylic acids is 2. The van der Waals surface area contributed by atoms with Gasteiger partial charge in [-0.25, -0.2) is 0 Å². The van der Waals surface area contributed by atoms with Crippen LogP contribution < -0.4 is 20.1 Å². The van der Waals surface area contributed by atoms with Gasteiger partial charge in [-0.2, -0.15) is 0 Å². The molecule has 2 rings (SSSR count). The second-order valence-corrected chi connectivity index (χ2v) is 6.96. The van der Waals surface area contributed by atoms with Crippen LogP contribution in [0, 0.1) is 10.1 Å². The first-order chi connectivity index (χ1) is 15.3. The summed E-state index contributed by atoms with van der Waals surface area (Å²) in [5.74, 6) is 0.212. The van der Waals surface area contributed by atoms with Crippen LogP contribution in [-0.4, -0.2) is 30.5 Å². The van der Waals surface area contributed by atoms with Crippen LogP contribution in [0.4, 0.5) is 5.69 Å². The summed E-state index contributed by atoms with van der Waals surface area (Å²) >= 11 is 0. The first-order valence-electron chi connectivity index (χ1n) is 10.2. The third-order valence-corrected chi connectivity index (χ3v) is 4.38. The molecule has 2 amide bonds. The van der Waals surface area contributed by atoms with Crippen molar-refractivity contribution in [2.75, 3.05) is 13.7 Å². The largest absolute Gasteiger partial charge is 0.493 e. The maximum absolute atomic E-state index is 12.7. The number of hydrogen-bond donors (Lipinski definition) is 2. The van der Waals surface area contributed by atoms with E-state index in [2.05, 4.69) is 17.6 Å². The molecule has 0 spiro atoms. The Morgan fingerprint density at radius 3 is 2.59 bits per heavy atom. The van der Waals surface area contributed by atoms with Gasteiger partial charge in [-0.1, -0.05) is 31.5 Å². The van der Waals surface area contributed by atoms with Crippen LogP contribution in [-0.2, 0) is 16.1 Å². The molecule has 0 saturated carbocycles. The smallest absolute Gasteiger partial charge is 0.270 e. The SMILES string of the molecule is CCCCOc1ccc(CNC(=O)/C(=C/c2cccc([N+](=O)[O-])c2)NC(C)=O)cc1OC. The second kappa shape index (κ2) is 12.1. The van der Waals surface area contributed by atoms with Crippen LogP contribution in [0.2, 0.25) is 0 Å². The fraction of sp³-hybridized carbons (Fsp3) is 0.304. The summed E-state index contributed by atoms with van der Waals surface area (Å²) < 4.78 is 11.1. The lowest BCUT2D eigenvalue weighted by Crippen LogP contribution is -2.33. The minimum atomic E-state index is -0.533. The molecule has 0 fully saturated rings. The van der Waals surface area contributed by atoms with Crippen LogP contribution >= 0.6 is 0 Å². The van der Waals surface area contributed by atoms with Gasteiger partial charge < -0.3 is 20.1 Å². The molecule has 0 aliphatic rings. The van der Waals surface area contributed by atoms with Crippen molar-refractivity contribution in [2.45, 2.75) is 33.2 Å². The number of nitro groups is 1. The molecule has 0 aromatic heterocycles. The number of non-ortho nitro benzene ring substituents is 1. The first kappa shape index (κ1) is 24.4. The number of ether oxygens (including phenoxy) is 2. The number of methoxy groups -OCH3 is 1. The average Bonchev–Trinajstić information content (AvgIpc) is 2.77. The van der Waals surface area contributed by atoms with Crippen molar-refractivity contribution in [3.8, 4) is 11.5 Å². The zero-order valence-corrected chi connectivity index (χ0v) is 18.3. The van der Waals surface area contributed by atoms with Crippen LogP contribution in [0.3, 0.4) is 0 Å². The summed E-state index contributed by atoms with van der Waals surface area (Å²) in [5.41, 5.74) is 1.04. The Bertz CT molecular complexity index is 1000. The molecule has 170 valence electrons. The van der Waals surface area contributed by atoms with E-state index in [0.29, 0.717) is 23.7 Å². The monoisotopic (exact) mass is 441 g/mol. The van der Waals surface area contributed by atoms with Crippen molar-refractivity contribution in [1.82, 2.24) is 10.6 Å². The Hall–Kier alpha value is -3.88. The van der Waals surface area contributed by atoms with Crippen LogP contribution in [0.25, 0.3) is 6.08 Å². The molecule has 2 N–H and O–H groups in total. The predicted molar refractivity (Wildman–Crippen MR) is 120 cm³/mol. The Kier molecular flexibility index (Phi) is 9.22. The standard InChI is InChI=1S/C23H27N3O6/c1-4-5-11-32-21-10-9-18(14-22(21)31-3)15-24-23(28)20(25-16(2)27)13-17-7-6-8-19(12-17)26(29)30/h6-10,12-14H,4-5,11,15H2,1-3H3,(H,24,28)(H,25,27)/b20-13-. The Morgan fingerprint density at radius 2 is 1.94 bits per heavy atom. The number of rotatable bonds is 11. The highest BCUT2D eigenvalue weighted by Gasteiger charge is 2.13. The van der Waals surface area contributed by atoms with Gasteiger partial charge in [0.15, 0.2) is 11.5 Å². The Balaban J connectivity index is 2.14. The molecule has 0 atom stereocenters. The summed E-state index contributed by atoms with van der Waals surface area (Å²) in [5, 5.41) is 16.2. The van der Waals surface area contributed by atoms with Crippen molar-refractivity contribution in [2.24, 2.45) is 0 Å². The van der Waals surface area contributed by atoms with Gasteiger partial charge in [-0.05, 0) is 35.8 Å². The van der Waals surface area contributed by atoms with Crippen LogP contribution in [0.5, 0.6) is 11.5 Å². The van der Waals surface area contributed by atoms with Gasteiger partial charge in [0.25, 0.3) is 11.6 Å². The van der Waals surface area contributed by atoms with Gasteiger partial charge in [0, 0.05) is 25.6 Å². The minimum Gasteiger partial charge on any atom is -0.493 e. The van der Waals surface area contributed by atoms with E-state index in [1.807, 2.05) is 6.07 Å². The van der Waals surface area contributed by atoms with Crippen molar-refractivity contribution in [3.63, 3.8) is 0 Å². The number of hydrogen-bond acceptors (Lipinski definition) is 6. The highest BCUT2D eigenvalue weighted by atomic mass is 16.6. The number of amides is 2. The number of nitro benzene ring substituents is 1. The zero-order chi connectivity index (χ0) is 23.5. The number of carbonyl (C=O) groups is 2. The van der Waals surface area contributed by atoms with Gasteiger partial charge in [0.1, 0.15) is 5.70 Å². The summed E-state index contributed by atoms with van der Waals surface area (Å²) in [6, 6.07) is 11.1. The lowest BCUT2D eigenvalue weighted by molar-refractivity contribution is -0.384. The highest BCUT2D eigenvalue weighted by molar-refractivity contribution is 6.00.